The lowest BCUT2D eigenvalue weighted by Gasteiger charge is -2.54. The van der Waals surface area contributed by atoms with Crippen molar-refractivity contribution in [3.8, 4) is 6.07 Å². The van der Waals surface area contributed by atoms with Crippen molar-refractivity contribution in [1.29, 1.82) is 5.26 Å². The molecule has 2 aliphatic heterocycles. The molecule has 2 saturated heterocycles. The van der Waals surface area contributed by atoms with Gasteiger partial charge in [-0.05, 0) is 60.9 Å². The number of piperidine rings is 1. The standard InChI is InChI=1S/C28H31N7OS/c1-3-21-11-23-26(31-17-32-27(23)37-21)34-8-6-28(7-9-34)15-33(16-28)13-19-4-5-24-22(18(19)2)10-20(12-29)35(24)14-25(30)36/h4-5,10-11,17H,3,6-9,13-16H2,1-2H3,(H2,30,36). The molecule has 8 nitrogen and oxygen atoms in total. The van der Waals surface area contributed by atoms with Crippen molar-refractivity contribution in [3.63, 3.8) is 0 Å². The minimum absolute atomic E-state index is 0.0174. The minimum atomic E-state index is -0.446. The molecule has 1 spiro atoms. The van der Waals surface area contributed by atoms with Gasteiger partial charge >= 0.3 is 0 Å². The van der Waals surface area contributed by atoms with Gasteiger partial charge in [-0.25, -0.2) is 9.97 Å². The molecule has 37 heavy (non-hydrogen) atoms. The van der Waals surface area contributed by atoms with E-state index in [1.165, 1.54) is 34.2 Å². The zero-order chi connectivity index (χ0) is 25.7. The van der Waals surface area contributed by atoms with E-state index >= 15 is 0 Å². The highest BCUT2D eigenvalue weighted by Gasteiger charge is 2.45. The lowest BCUT2D eigenvalue weighted by atomic mass is 9.71. The summed E-state index contributed by atoms with van der Waals surface area (Å²) in [5.41, 5.74) is 9.61. The number of aryl methyl sites for hydroxylation is 2. The Morgan fingerprint density at radius 1 is 1.19 bits per heavy atom. The number of nitriles is 1. The second-order valence-electron chi connectivity index (χ2n) is 10.6. The first-order valence-electron chi connectivity index (χ1n) is 12.9. The highest BCUT2D eigenvalue weighted by Crippen LogP contribution is 2.43. The number of hydrogen-bond acceptors (Lipinski definition) is 7. The van der Waals surface area contributed by atoms with E-state index in [0.29, 0.717) is 11.1 Å². The summed E-state index contributed by atoms with van der Waals surface area (Å²) >= 11 is 1.78. The van der Waals surface area contributed by atoms with Crippen LogP contribution in [0.25, 0.3) is 21.1 Å². The van der Waals surface area contributed by atoms with Crippen LogP contribution in [0, 0.1) is 23.7 Å². The van der Waals surface area contributed by atoms with Crippen molar-refractivity contribution in [2.24, 2.45) is 11.1 Å². The van der Waals surface area contributed by atoms with E-state index in [1.54, 1.807) is 22.2 Å². The summed E-state index contributed by atoms with van der Waals surface area (Å²) in [6, 6.07) is 10.5. The summed E-state index contributed by atoms with van der Waals surface area (Å²) < 4.78 is 1.71. The Morgan fingerprint density at radius 3 is 2.68 bits per heavy atom. The predicted molar refractivity (Wildman–Crippen MR) is 147 cm³/mol. The zero-order valence-corrected chi connectivity index (χ0v) is 22.1. The Balaban J connectivity index is 1.12. The Labute approximate surface area is 220 Å². The van der Waals surface area contributed by atoms with Crippen LogP contribution in [0.2, 0.25) is 0 Å². The number of benzene rings is 1. The summed E-state index contributed by atoms with van der Waals surface area (Å²) in [7, 11) is 0. The van der Waals surface area contributed by atoms with Gasteiger partial charge in [-0.3, -0.25) is 9.69 Å². The summed E-state index contributed by atoms with van der Waals surface area (Å²) in [6.45, 7) is 9.51. The van der Waals surface area contributed by atoms with Crippen LogP contribution in [0.1, 0.15) is 41.5 Å². The number of carbonyl (C=O) groups excluding carboxylic acids is 1. The van der Waals surface area contributed by atoms with Crippen molar-refractivity contribution in [2.75, 3.05) is 31.1 Å². The summed E-state index contributed by atoms with van der Waals surface area (Å²) in [5, 5.41) is 11.8. The molecule has 6 rings (SSSR count). The van der Waals surface area contributed by atoms with Crippen LogP contribution < -0.4 is 10.6 Å². The zero-order valence-electron chi connectivity index (χ0n) is 21.3. The molecule has 2 N–H and O–H groups in total. The molecule has 2 fully saturated rings. The van der Waals surface area contributed by atoms with E-state index in [4.69, 9.17) is 5.73 Å². The second kappa shape index (κ2) is 9.12. The maximum atomic E-state index is 11.5. The van der Waals surface area contributed by atoms with Gasteiger partial charge in [0.1, 0.15) is 35.3 Å². The van der Waals surface area contributed by atoms with E-state index in [0.717, 1.165) is 60.7 Å². The summed E-state index contributed by atoms with van der Waals surface area (Å²) in [5.74, 6) is 0.647. The molecule has 0 atom stereocenters. The molecule has 9 heteroatoms. The van der Waals surface area contributed by atoms with Gasteiger partial charge < -0.3 is 15.2 Å². The molecule has 0 radical (unpaired) electrons. The van der Waals surface area contributed by atoms with Gasteiger partial charge in [-0.1, -0.05) is 13.0 Å². The fourth-order valence-electron chi connectivity index (χ4n) is 6.19. The molecular formula is C28H31N7OS. The third kappa shape index (κ3) is 4.14. The predicted octanol–water partition coefficient (Wildman–Crippen LogP) is 3.98. The van der Waals surface area contributed by atoms with Crippen molar-refractivity contribution in [3.05, 3.63) is 52.3 Å². The Kier molecular flexibility index (Phi) is 5.89. The van der Waals surface area contributed by atoms with Crippen molar-refractivity contribution in [1.82, 2.24) is 19.4 Å². The summed E-state index contributed by atoms with van der Waals surface area (Å²) in [6.07, 6.45) is 5.10. The van der Waals surface area contributed by atoms with Gasteiger partial charge in [0.25, 0.3) is 0 Å². The molecule has 0 aliphatic carbocycles. The number of carbonyl (C=O) groups is 1. The first kappa shape index (κ1) is 23.9. The van der Waals surface area contributed by atoms with E-state index in [1.807, 2.05) is 12.1 Å². The number of hydrogen-bond donors (Lipinski definition) is 1. The number of thiophene rings is 1. The fraction of sp³-hybridized carbons (Fsp3) is 0.429. The number of nitrogens with zero attached hydrogens (tertiary/aromatic N) is 6. The third-order valence-electron chi connectivity index (χ3n) is 8.24. The number of likely N-dealkylation sites (tertiary alicyclic amines) is 1. The number of anilines is 1. The molecule has 0 bridgehead atoms. The molecular weight excluding hydrogens is 482 g/mol. The fourth-order valence-corrected chi connectivity index (χ4v) is 7.12. The van der Waals surface area contributed by atoms with Gasteiger partial charge in [-0.15, -0.1) is 11.3 Å². The third-order valence-corrected chi connectivity index (χ3v) is 9.43. The first-order valence-corrected chi connectivity index (χ1v) is 13.7. The first-order chi connectivity index (χ1) is 17.9. The molecule has 3 aromatic heterocycles. The molecule has 4 aromatic rings. The average Bonchev–Trinajstić information content (AvgIpc) is 3.46. The van der Waals surface area contributed by atoms with Gasteiger partial charge in [0.15, 0.2) is 0 Å². The number of aromatic nitrogens is 3. The van der Waals surface area contributed by atoms with Crippen LogP contribution in [0.4, 0.5) is 5.82 Å². The number of amides is 1. The second-order valence-corrected chi connectivity index (χ2v) is 11.7. The lowest BCUT2D eigenvalue weighted by Crippen LogP contribution is -2.59. The average molecular weight is 514 g/mol. The number of rotatable bonds is 6. The number of fused-ring (bicyclic) bond motifs is 2. The van der Waals surface area contributed by atoms with Crippen molar-refractivity contribution in [2.45, 2.75) is 46.2 Å². The van der Waals surface area contributed by atoms with Crippen LogP contribution in [-0.2, 0) is 24.3 Å². The van der Waals surface area contributed by atoms with Crippen molar-refractivity contribution < 1.29 is 4.79 Å². The van der Waals surface area contributed by atoms with Gasteiger partial charge in [-0.2, -0.15) is 5.26 Å². The molecule has 2 aliphatic rings. The van der Waals surface area contributed by atoms with Crippen LogP contribution >= 0.6 is 11.3 Å². The van der Waals surface area contributed by atoms with E-state index in [2.05, 4.69) is 51.8 Å². The van der Waals surface area contributed by atoms with Crippen LogP contribution in [-0.4, -0.2) is 51.5 Å². The lowest BCUT2D eigenvalue weighted by molar-refractivity contribution is -0.118. The normalized spacial score (nSPS) is 17.4. The topological polar surface area (TPSA) is 104 Å². The van der Waals surface area contributed by atoms with Gasteiger partial charge in [0.05, 0.1) is 5.39 Å². The highest BCUT2D eigenvalue weighted by atomic mass is 32.1. The quantitative estimate of drug-likeness (QED) is 0.418. The molecule has 5 heterocycles. The van der Waals surface area contributed by atoms with Gasteiger partial charge in [0.2, 0.25) is 5.91 Å². The SMILES string of the molecule is CCc1cc2c(N3CCC4(CC3)CN(Cc3ccc5c(cc(C#N)n5CC(N)=O)c3C)C4)ncnc2s1. The Hall–Kier alpha value is -3.48. The Morgan fingerprint density at radius 2 is 1.97 bits per heavy atom. The number of primary amides is 1. The van der Waals surface area contributed by atoms with Crippen LogP contribution in [0.15, 0.2) is 30.6 Å². The van der Waals surface area contributed by atoms with E-state index in [9.17, 15) is 10.1 Å². The molecule has 1 amide bonds. The van der Waals surface area contributed by atoms with Gasteiger partial charge in [0, 0.05) is 48.5 Å². The van der Waals surface area contributed by atoms with Crippen LogP contribution in [0.5, 0.6) is 0 Å². The van der Waals surface area contributed by atoms with Crippen molar-refractivity contribution >= 4 is 44.2 Å². The van der Waals surface area contributed by atoms with Crippen LogP contribution in [0.3, 0.4) is 0 Å². The maximum absolute atomic E-state index is 11.5. The Bertz CT molecular complexity index is 1550. The molecule has 1 aromatic carbocycles. The maximum Gasteiger partial charge on any atom is 0.237 e. The minimum Gasteiger partial charge on any atom is -0.368 e. The van der Waals surface area contributed by atoms with E-state index < -0.39 is 5.91 Å². The monoisotopic (exact) mass is 513 g/mol. The highest BCUT2D eigenvalue weighted by molar-refractivity contribution is 7.18. The molecule has 0 unspecified atom stereocenters. The summed E-state index contributed by atoms with van der Waals surface area (Å²) in [4.78, 5) is 28.1. The molecule has 0 saturated carbocycles. The molecule has 190 valence electrons. The smallest absolute Gasteiger partial charge is 0.237 e. The number of nitrogens with two attached hydrogens (primary N) is 1. The van der Waals surface area contributed by atoms with E-state index in [-0.39, 0.29) is 6.54 Å². The largest absolute Gasteiger partial charge is 0.368 e.